The molecule has 1 heterocycles. The van der Waals surface area contributed by atoms with E-state index in [2.05, 4.69) is 26.6 Å². The Kier molecular flexibility index (Phi) is 6.83. The molecule has 1 atom stereocenters. The molecule has 0 saturated carbocycles. The fourth-order valence-electron chi connectivity index (χ4n) is 2.25. The molecule has 1 unspecified atom stereocenters. The van der Waals surface area contributed by atoms with Gasteiger partial charge in [-0.25, -0.2) is 0 Å². The molecule has 3 nitrogen and oxygen atoms in total. The zero-order valence-corrected chi connectivity index (χ0v) is 13.4. The number of rotatable bonds is 4. The molecule has 5 heteroatoms. The molecule has 0 aliphatic carbocycles. The van der Waals surface area contributed by atoms with Gasteiger partial charge >= 0.3 is 0 Å². The molecule has 1 aliphatic rings. The van der Waals surface area contributed by atoms with Crippen LogP contribution in [-0.4, -0.2) is 25.5 Å². The van der Waals surface area contributed by atoms with Crippen molar-refractivity contribution in [1.82, 2.24) is 10.6 Å². The van der Waals surface area contributed by atoms with Crippen LogP contribution in [0.5, 0.6) is 0 Å². The van der Waals surface area contributed by atoms with Gasteiger partial charge in [0.25, 0.3) is 5.91 Å². The van der Waals surface area contributed by atoms with Gasteiger partial charge in [0.05, 0.1) is 5.56 Å². The van der Waals surface area contributed by atoms with Gasteiger partial charge < -0.3 is 10.6 Å². The first-order valence-corrected chi connectivity index (χ1v) is 7.21. The second kappa shape index (κ2) is 7.88. The lowest BCUT2D eigenvalue weighted by molar-refractivity contribution is 0.0951. The van der Waals surface area contributed by atoms with Gasteiger partial charge in [-0.05, 0) is 72.4 Å². The summed E-state index contributed by atoms with van der Waals surface area (Å²) in [5.74, 6) is 0.722. The molecule has 106 valence electrons. The maximum absolute atomic E-state index is 12.0. The highest BCUT2D eigenvalue weighted by atomic mass is 79.9. The number of carbonyl (C=O) groups is 1. The highest BCUT2D eigenvalue weighted by Gasteiger charge is 2.15. The number of hydrogen-bond acceptors (Lipinski definition) is 2. The third-order valence-corrected chi connectivity index (χ3v) is 4.03. The van der Waals surface area contributed by atoms with Crippen LogP contribution in [0.15, 0.2) is 22.7 Å². The zero-order chi connectivity index (χ0) is 13.0. The summed E-state index contributed by atoms with van der Waals surface area (Å²) in [5, 5.41) is 6.33. The van der Waals surface area contributed by atoms with Crippen molar-refractivity contribution in [2.75, 3.05) is 19.6 Å². The molecule has 1 aliphatic heterocycles. The van der Waals surface area contributed by atoms with Crippen LogP contribution >= 0.6 is 28.3 Å². The molecule has 1 fully saturated rings. The zero-order valence-electron chi connectivity index (χ0n) is 11.0. The Hall–Kier alpha value is -0.580. The summed E-state index contributed by atoms with van der Waals surface area (Å²) in [7, 11) is 0. The Morgan fingerprint density at radius 1 is 1.53 bits per heavy atom. The first-order chi connectivity index (χ1) is 8.66. The number of amides is 1. The van der Waals surface area contributed by atoms with Crippen LogP contribution in [0.2, 0.25) is 0 Å². The Morgan fingerprint density at radius 3 is 2.95 bits per heavy atom. The van der Waals surface area contributed by atoms with Crippen molar-refractivity contribution in [2.24, 2.45) is 5.92 Å². The molecule has 19 heavy (non-hydrogen) atoms. The van der Waals surface area contributed by atoms with E-state index in [0.29, 0.717) is 11.5 Å². The van der Waals surface area contributed by atoms with Gasteiger partial charge in [0, 0.05) is 11.0 Å². The highest BCUT2D eigenvalue weighted by Crippen LogP contribution is 2.18. The third-order valence-electron chi connectivity index (χ3n) is 3.37. The van der Waals surface area contributed by atoms with E-state index in [-0.39, 0.29) is 18.3 Å². The van der Waals surface area contributed by atoms with Crippen molar-refractivity contribution < 1.29 is 4.79 Å². The average Bonchev–Trinajstić information content (AvgIpc) is 2.81. The Morgan fingerprint density at radius 2 is 2.32 bits per heavy atom. The summed E-state index contributed by atoms with van der Waals surface area (Å²) >= 11 is 3.44. The van der Waals surface area contributed by atoms with E-state index in [9.17, 15) is 4.79 Å². The van der Waals surface area contributed by atoms with Crippen LogP contribution in [0.25, 0.3) is 0 Å². The quantitative estimate of drug-likeness (QED) is 0.879. The summed E-state index contributed by atoms with van der Waals surface area (Å²) in [5.41, 5.74) is 1.86. The maximum atomic E-state index is 12.0. The number of aryl methyl sites for hydroxylation is 1. The lowest BCUT2D eigenvalue weighted by atomic mass is 10.1. The van der Waals surface area contributed by atoms with Crippen LogP contribution in [0.3, 0.4) is 0 Å². The molecule has 1 amide bonds. The van der Waals surface area contributed by atoms with Crippen molar-refractivity contribution in [3.63, 3.8) is 0 Å². The van der Waals surface area contributed by atoms with Crippen molar-refractivity contribution in [3.8, 4) is 0 Å². The van der Waals surface area contributed by atoms with Crippen LogP contribution < -0.4 is 10.6 Å². The number of carbonyl (C=O) groups excluding carboxylic acids is 1. The number of halogens is 2. The SMILES string of the molecule is Cc1ccc(C(=O)NCCC2CCNC2)c(Br)c1.Cl. The van der Waals surface area contributed by atoms with Crippen LogP contribution in [0, 0.1) is 12.8 Å². The van der Waals surface area contributed by atoms with Gasteiger partial charge in [0.2, 0.25) is 0 Å². The van der Waals surface area contributed by atoms with Crippen LogP contribution in [0.4, 0.5) is 0 Å². The van der Waals surface area contributed by atoms with E-state index >= 15 is 0 Å². The smallest absolute Gasteiger partial charge is 0.252 e. The lowest BCUT2D eigenvalue weighted by Gasteiger charge is -2.10. The number of benzene rings is 1. The van der Waals surface area contributed by atoms with Crippen molar-refractivity contribution in [1.29, 1.82) is 0 Å². The monoisotopic (exact) mass is 346 g/mol. The molecule has 0 radical (unpaired) electrons. The molecule has 1 aromatic carbocycles. The second-order valence-electron chi connectivity index (χ2n) is 4.89. The number of hydrogen-bond donors (Lipinski definition) is 2. The molecular weight excluding hydrogens is 328 g/mol. The first kappa shape index (κ1) is 16.5. The fourth-order valence-corrected chi connectivity index (χ4v) is 2.92. The lowest BCUT2D eigenvalue weighted by Crippen LogP contribution is -2.26. The Balaban J connectivity index is 0.00000180. The second-order valence-corrected chi connectivity index (χ2v) is 5.74. The third kappa shape index (κ3) is 4.79. The van der Waals surface area contributed by atoms with E-state index in [1.807, 2.05) is 25.1 Å². The predicted molar refractivity (Wildman–Crippen MR) is 84.1 cm³/mol. The summed E-state index contributed by atoms with van der Waals surface area (Å²) in [6.07, 6.45) is 2.28. The van der Waals surface area contributed by atoms with Gasteiger partial charge in [-0.1, -0.05) is 6.07 Å². The minimum Gasteiger partial charge on any atom is -0.352 e. The van der Waals surface area contributed by atoms with E-state index in [1.54, 1.807) is 0 Å². The minimum absolute atomic E-state index is 0. The fraction of sp³-hybridized carbons (Fsp3) is 0.500. The standard InChI is InChI=1S/C14H19BrN2O.ClH/c1-10-2-3-12(13(15)8-10)14(18)17-7-5-11-4-6-16-9-11;/h2-3,8,11,16H,4-7,9H2,1H3,(H,17,18);1H. The molecule has 1 aromatic rings. The van der Waals surface area contributed by atoms with E-state index in [1.165, 1.54) is 6.42 Å². The maximum Gasteiger partial charge on any atom is 0.252 e. The van der Waals surface area contributed by atoms with Crippen molar-refractivity contribution in [2.45, 2.75) is 19.8 Å². The van der Waals surface area contributed by atoms with Gasteiger partial charge in [0.15, 0.2) is 0 Å². The minimum atomic E-state index is 0. The predicted octanol–water partition coefficient (Wildman–Crippen LogP) is 2.91. The first-order valence-electron chi connectivity index (χ1n) is 6.42. The number of nitrogens with one attached hydrogen (secondary N) is 2. The van der Waals surface area contributed by atoms with Crippen LogP contribution in [0.1, 0.15) is 28.8 Å². The molecule has 0 aromatic heterocycles. The highest BCUT2D eigenvalue weighted by molar-refractivity contribution is 9.10. The van der Waals surface area contributed by atoms with Gasteiger partial charge in [-0.2, -0.15) is 0 Å². The van der Waals surface area contributed by atoms with Gasteiger partial charge in [0.1, 0.15) is 0 Å². The molecule has 2 N–H and O–H groups in total. The largest absolute Gasteiger partial charge is 0.352 e. The van der Waals surface area contributed by atoms with Crippen molar-refractivity contribution >= 4 is 34.2 Å². The summed E-state index contributed by atoms with van der Waals surface area (Å²) in [6, 6.07) is 5.79. The van der Waals surface area contributed by atoms with Gasteiger partial charge in [-0.3, -0.25) is 4.79 Å². The van der Waals surface area contributed by atoms with E-state index < -0.39 is 0 Å². The summed E-state index contributed by atoms with van der Waals surface area (Å²) in [6.45, 7) is 4.97. The Labute approximate surface area is 129 Å². The molecule has 0 bridgehead atoms. The van der Waals surface area contributed by atoms with Crippen molar-refractivity contribution in [3.05, 3.63) is 33.8 Å². The molecule has 2 rings (SSSR count). The summed E-state index contributed by atoms with van der Waals surface area (Å²) in [4.78, 5) is 12.0. The van der Waals surface area contributed by atoms with Crippen LogP contribution in [-0.2, 0) is 0 Å². The molecule has 1 saturated heterocycles. The van der Waals surface area contributed by atoms with E-state index in [0.717, 1.165) is 36.1 Å². The normalized spacial score (nSPS) is 17.9. The molecular formula is C14H20BrClN2O. The Bertz CT molecular complexity index is 433. The summed E-state index contributed by atoms with van der Waals surface area (Å²) < 4.78 is 0.863. The molecule has 0 spiro atoms. The van der Waals surface area contributed by atoms with E-state index in [4.69, 9.17) is 0 Å². The van der Waals surface area contributed by atoms with Gasteiger partial charge in [-0.15, -0.1) is 12.4 Å². The average molecular weight is 348 g/mol. The topological polar surface area (TPSA) is 41.1 Å².